The number of rotatable bonds is 4. The van der Waals surface area contributed by atoms with Gasteiger partial charge in [-0.3, -0.25) is 4.72 Å². The van der Waals surface area contributed by atoms with Crippen molar-refractivity contribution in [3.63, 3.8) is 0 Å². The Balaban J connectivity index is 2.44. The van der Waals surface area contributed by atoms with E-state index in [4.69, 9.17) is 5.11 Å². The smallest absolute Gasteiger partial charge is 0.335 e. The zero-order chi connectivity index (χ0) is 14.8. The Morgan fingerprint density at radius 2 is 2.00 bits per heavy atom. The average Bonchev–Trinajstić information content (AvgIpc) is 2.39. The lowest BCUT2D eigenvalue weighted by Crippen LogP contribution is -2.16. The number of halogens is 1. The van der Waals surface area contributed by atoms with Crippen LogP contribution in [0.3, 0.4) is 0 Å². The second-order valence-corrected chi connectivity index (χ2v) is 5.42. The average molecular weight is 296 g/mol. The van der Waals surface area contributed by atoms with Crippen LogP contribution in [0.1, 0.15) is 10.4 Å². The van der Waals surface area contributed by atoms with Gasteiger partial charge in [0.1, 0.15) is 16.5 Å². The highest BCUT2D eigenvalue weighted by molar-refractivity contribution is 7.92. The van der Waals surface area contributed by atoms with E-state index in [1.165, 1.54) is 12.3 Å². The van der Waals surface area contributed by atoms with Crippen molar-refractivity contribution in [2.75, 3.05) is 4.72 Å². The summed E-state index contributed by atoms with van der Waals surface area (Å²) >= 11 is 0. The predicted molar refractivity (Wildman–Crippen MR) is 68.4 cm³/mol. The Labute approximate surface area is 114 Å². The normalized spacial score (nSPS) is 11.1. The highest BCUT2D eigenvalue weighted by Crippen LogP contribution is 2.19. The number of carboxylic acids is 1. The van der Waals surface area contributed by atoms with Gasteiger partial charge in [0.2, 0.25) is 0 Å². The first-order valence-electron chi connectivity index (χ1n) is 5.37. The van der Waals surface area contributed by atoms with Crippen LogP contribution in [0.15, 0.2) is 47.5 Å². The van der Waals surface area contributed by atoms with Crippen LogP contribution in [0.5, 0.6) is 0 Å². The lowest BCUT2D eigenvalue weighted by Gasteiger charge is -2.08. The topological polar surface area (TPSA) is 96.4 Å². The standard InChI is InChI=1S/C12H9FN2O4S/c13-9-5-4-8(12(16)17)7-10(9)20(18,19)15-11-3-1-2-6-14-11/h1-7H,(H,14,15)(H,16,17). The van der Waals surface area contributed by atoms with Gasteiger partial charge in [0.05, 0.1) is 5.56 Å². The van der Waals surface area contributed by atoms with Crippen molar-refractivity contribution in [3.05, 3.63) is 54.0 Å². The second kappa shape index (κ2) is 5.25. The zero-order valence-electron chi connectivity index (χ0n) is 9.95. The number of hydrogen-bond acceptors (Lipinski definition) is 4. The molecule has 20 heavy (non-hydrogen) atoms. The summed E-state index contributed by atoms with van der Waals surface area (Å²) in [6.45, 7) is 0. The quantitative estimate of drug-likeness (QED) is 0.895. The van der Waals surface area contributed by atoms with Crippen LogP contribution in [0.4, 0.5) is 10.2 Å². The van der Waals surface area contributed by atoms with Crippen LogP contribution >= 0.6 is 0 Å². The van der Waals surface area contributed by atoms with E-state index < -0.39 is 26.7 Å². The summed E-state index contributed by atoms with van der Waals surface area (Å²) in [6, 6.07) is 7.05. The van der Waals surface area contributed by atoms with Crippen LogP contribution in [-0.2, 0) is 10.0 Å². The molecule has 0 aliphatic heterocycles. The minimum absolute atomic E-state index is 0.00706. The SMILES string of the molecule is O=C(O)c1ccc(F)c(S(=O)(=O)Nc2ccccn2)c1. The van der Waals surface area contributed by atoms with Gasteiger partial charge < -0.3 is 5.11 Å². The largest absolute Gasteiger partial charge is 0.478 e. The predicted octanol–water partition coefficient (Wildman–Crippen LogP) is 1.72. The van der Waals surface area contributed by atoms with E-state index in [2.05, 4.69) is 9.71 Å². The molecule has 0 bridgehead atoms. The number of carbonyl (C=O) groups is 1. The highest BCUT2D eigenvalue weighted by atomic mass is 32.2. The molecular weight excluding hydrogens is 287 g/mol. The van der Waals surface area contributed by atoms with Gasteiger partial charge in [-0.25, -0.2) is 22.6 Å². The van der Waals surface area contributed by atoms with Gasteiger partial charge in [0.25, 0.3) is 10.0 Å². The van der Waals surface area contributed by atoms with Crippen molar-refractivity contribution >= 4 is 21.8 Å². The van der Waals surface area contributed by atoms with Crippen LogP contribution < -0.4 is 4.72 Å². The number of sulfonamides is 1. The van der Waals surface area contributed by atoms with E-state index in [-0.39, 0.29) is 11.4 Å². The molecule has 104 valence electrons. The fourth-order valence-electron chi connectivity index (χ4n) is 1.46. The first-order chi connectivity index (χ1) is 9.40. The number of benzene rings is 1. The molecule has 0 unspecified atom stereocenters. The number of anilines is 1. The Bertz CT molecular complexity index is 747. The molecule has 0 aliphatic carbocycles. The summed E-state index contributed by atoms with van der Waals surface area (Å²) in [7, 11) is -4.25. The molecule has 1 heterocycles. The molecule has 0 radical (unpaired) electrons. The third-order valence-electron chi connectivity index (χ3n) is 2.37. The summed E-state index contributed by atoms with van der Waals surface area (Å²) < 4.78 is 39.7. The van der Waals surface area contributed by atoms with E-state index in [0.717, 1.165) is 18.2 Å². The van der Waals surface area contributed by atoms with E-state index in [0.29, 0.717) is 0 Å². The highest BCUT2D eigenvalue weighted by Gasteiger charge is 2.21. The number of carboxylic acid groups (broad SMARTS) is 1. The molecule has 2 N–H and O–H groups in total. The molecule has 0 aliphatic rings. The minimum Gasteiger partial charge on any atom is -0.478 e. The maximum Gasteiger partial charge on any atom is 0.335 e. The van der Waals surface area contributed by atoms with E-state index in [1.54, 1.807) is 12.1 Å². The summed E-state index contributed by atoms with van der Waals surface area (Å²) in [4.78, 5) is 13.8. The van der Waals surface area contributed by atoms with Crippen LogP contribution in [0, 0.1) is 5.82 Å². The summed E-state index contributed by atoms with van der Waals surface area (Å²) in [5, 5.41) is 8.81. The van der Waals surface area contributed by atoms with Gasteiger partial charge in [0.15, 0.2) is 0 Å². The third-order valence-corrected chi connectivity index (χ3v) is 3.74. The summed E-state index contributed by atoms with van der Waals surface area (Å²) in [5.74, 6) is -2.38. The van der Waals surface area contributed by atoms with Gasteiger partial charge in [-0.15, -0.1) is 0 Å². The van der Waals surface area contributed by atoms with Gasteiger partial charge in [0, 0.05) is 6.20 Å². The lowest BCUT2D eigenvalue weighted by atomic mass is 10.2. The Kier molecular flexibility index (Phi) is 3.66. The van der Waals surface area contributed by atoms with Crippen molar-refractivity contribution < 1.29 is 22.7 Å². The molecule has 0 amide bonds. The van der Waals surface area contributed by atoms with Gasteiger partial charge in [-0.1, -0.05) is 6.07 Å². The molecule has 0 spiro atoms. The fourth-order valence-corrected chi connectivity index (χ4v) is 2.57. The minimum atomic E-state index is -4.25. The Hall–Kier alpha value is -2.48. The molecule has 0 saturated heterocycles. The first kappa shape index (κ1) is 13.9. The summed E-state index contributed by atoms with van der Waals surface area (Å²) in [5.41, 5.74) is -0.326. The Morgan fingerprint density at radius 3 is 2.60 bits per heavy atom. The lowest BCUT2D eigenvalue weighted by molar-refractivity contribution is 0.0696. The van der Waals surface area contributed by atoms with E-state index >= 15 is 0 Å². The fraction of sp³-hybridized carbons (Fsp3) is 0. The second-order valence-electron chi connectivity index (χ2n) is 3.77. The number of aromatic carboxylic acids is 1. The van der Waals surface area contributed by atoms with Gasteiger partial charge in [-0.2, -0.15) is 0 Å². The molecule has 1 aromatic heterocycles. The van der Waals surface area contributed by atoms with Crippen LogP contribution in [0.2, 0.25) is 0 Å². The molecule has 0 fully saturated rings. The maximum absolute atomic E-state index is 13.6. The molecule has 6 nitrogen and oxygen atoms in total. The zero-order valence-corrected chi connectivity index (χ0v) is 10.8. The Morgan fingerprint density at radius 1 is 1.25 bits per heavy atom. The molecule has 0 saturated carbocycles. The van der Waals surface area contributed by atoms with Crippen molar-refractivity contribution in [2.45, 2.75) is 4.90 Å². The number of pyridine rings is 1. The molecule has 8 heteroatoms. The number of hydrogen-bond donors (Lipinski definition) is 2. The van der Waals surface area contributed by atoms with Gasteiger partial charge in [-0.05, 0) is 30.3 Å². The molecule has 1 aromatic carbocycles. The van der Waals surface area contributed by atoms with Crippen LogP contribution in [0.25, 0.3) is 0 Å². The van der Waals surface area contributed by atoms with Crippen molar-refractivity contribution in [2.24, 2.45) is 0 Å². The molecular formula is C12H9FN2O4S. The molecule has 2 aromatic rings. The number of nitrogens with one attached hydrogen (secondary N) is 1. The molecule has 0 atom stereocenters. The summed E-state index contributed by atoms with van der Waals surface area (Å²) in [6.07, 6.45) is 1.36. The van der Waals surface area contributed by atoms with Crippen molar-refractivity contribution in [3.8, 4) is 0 Å². The van der Waals surface area contributed by atoms with E-state index in [9.17, 15) is 17.6 Å². The number of aromatic nitrogens is 1. The van der Waals surface area contributed by atoms with E-state index in [1.807, 2.05) is 0 Å². The molecule has 2 rings (SSSR count). The maximum atomic E-state index is 13.6. The van der Waals surface area contributed by atoms with Crippen molar-refractivity contribution in [1.29, 1.82) is 0 Å². The monoisotopic (exact) mass is 296 g/mol. The van der Waals surface area contributed by atoms with Crippen molar-refractivity contribution in [1.82, 2.24) is 4.98 Å². The van der Waals surface area contributed by atoms with Crippen LogP contribution in [-0.4, -0.2) is 24.5 Å². The first-order valence-corrected chi connectivity index (χ1v) is 6.85. The number of nitrogens with zero attached hydrogens (tertiary/aromatic N) is 1. The third kappa shape index (κ3) is 2.91. The van der Waals surface area contributed by atoms with Gasteiger partial charge >= 0.3 is 5.97 Å².